The average molecular weight is 224 g/mol. The van der Waals surface area contributed by atoms with Gasteiger partial charge in [-0.15, -0.1) is 0 Å². The number of ether oxygens (including phenoxy) is 1. The third-order valence-corrected chi connectivity index (χ3v) is 3.21. The molecule has 1 aliphatic carbocycles. The second-order valence-corrected chi connectivity index (χ2v) is 4.43. The molecular weight excluding hydrogens is 204 g/mol. The van der Waals surface area contributed by atoms with Crippen LogP contribution in [0.15, 0.2) is 0 Å². The van der Waals surface area contributed by atoms with E-state index in [1.165, 1.54) is 0 Å². The van der Waals surface area contributed by atoms with E-state index in [1.807, 2.05) is 6.92 Å². The lowest BCUT2D eigenvalue weighted by Crippen LogP contribution is -2.37. The summed E-state index contributed by atoms with van der Waals surface area (Å²) in [6.07, 6.45) is 4.20. The summed E-state index contributed by atoms with van der Waals surface area (Å²) < 4.78 is 5.08. The summed E-state index contributed by atoms with van der Waals surface area (Å²) in [7, 11) is 1.64. The highest BCUT2D eigenvalue weighted by Gasteiger charge is 2.28. The molecule has 3 unspecified atom stereocenters. The summed E-state index contributed by atoms with van der Waals surface area (Å²) >= 11 is 0. The topological polar surface area (TPSA) is 62.1 Å². The Hall–Kier alpha value is -1.08. The van der Waals surface area contributed by atoms with Crippen LogP contribution in [0.4, 0.5) is 0 Å². The van der Waals surface area contributed by atoms with E-state index in [2.05, 4.69) is 11.4 Å². The second kappa shape index (κ2) is 6.49. The molecule has 16 heavy (non-hydrogen) atoms. The zero-order valence-corrected chi connectivity index (χ0v) is 10.0. The van der Waals surface area contributed by atoms with Gasteiger partial charge in [0.15, 0.2) is 0 Å². The van der Waals surface area contributed by atoms with Gasteiger partial charge < -0.3 is 10.1 Å². The third kappa shape index (κ3) is 3.82. The number of carbonyl (C=O) groups is 1. The van der Waals surface area contributed by atoms with Crippen LogP contribution in [0.1, 0.15) is 39.0 Å². The Morgan fingerprint density at radius 2 is 2.38 bits per heavy atom. The molecule has 0 aromatic heterocycles. The number of amides is 1. The van der Waals surface area contributed by atoms with E-state index in [4.69, 9.17) is 10.00 Å². The van der Waals surface area contributed by atoms with Crippen LogP contribution in [0.2, 0.25) is 0 Å². The monoisotopic (exact) mass is 224 g/mol. The van der Waals surface area contributed by atoms with Gasteiger partial charge in [0.2, 0.25) is 5.91 Å². The number of nitriles is 1. The van der Waals surface area contributed by atoms with Gasteiger partial charge in [0, 0.05) is 19.6 Å². The minimum absolute atomic E-state index is 0.00352. The molecule has 0 spiro atoms. The first-order chi connectivity index (χ1) is 7.67. The summed E-state index contributed by atoms with van der Waals surface area (Å²) in [5.41, 5.74) is 0. The largest absolute Gasteiger partial charge is 0.382 e. The smallest absolute Gasteiger partial charge is 0.220 e. The highest BCUT2D eigenvalue weighted by atomic mass is 16.5. The number of carbonyl (C=O) groups excluding carboxylic acids is 1. The number of methoxy groups -OCH3 is 1. The van der Waals surface area contributed by atoms with Gasteiger partial charge in [0.25, 0.3) is 0 Å². The minimum atomic E-state index is 0.00352. The van der Waals surface area contributed by atoms with E-state index in [9.17, 15) is 4.79 Å². The Morgan fingerprint density at radius 3 is 3.00 bits per heavy atom. The van der Waals surface area contributed by atoms with Crippen molar-refractivity contribution >= 4 is 5.91 Å². The van der Waals surface area contributed by atoms with Gasteiger partial charge in [-0.05, 0) is 32.6 Å². The Bertz CT molecular complexity index is 273. The molecular formula is C12H20N2O2. The van der Waals surface area contributed by atoms with E-state index < -0.39 is 0 Å². The van der Waals surface area contributed by atoms with Crippen molar-refractivity contribution in [1.29, 1.82) is 5.26 Å². The minimum Gasteiger partial charge on any atom is -0.382 e. The summed E-state index contributed by atoms with van der Waals surface area (Å²) in [5.74, 6) is 0.0415. The van der Waals surface area contributed by atoms with Crippen LogP contribution < -0.4 is 5.32 Å². The van der Waals surface area contributed by atoms with Crippen LogP contribution in [0.5, 0.6) is 0 Å². The molecule has 90 valence electrons. The van der Waals surface area contributed by atoms with Crippen LogP contribution in [-0.2, 0) is 9.53 Å². The lowest BCUT2D eigenvalue weighted by molar-refractivity contribution is -0.122. The molecule has 1 saturated carbocycles. The van der Waals surface area contributed by atoms with Crippen LogP contribution in [0, 0.1) is 17.2 Å². The highest BCUT2D eigenvalue weighted by Crippen LogP contribution is 2.24. The Balaban J connectivity index is 2.26. The molecule has 1 fully saturated rings. The van der Waals surface area contributed by atoms with Gasteiger partial charge >= 0.3 is 0 Å². The molecule has 0 radical (unpaired) electrons. The fourth-order valence-electron chi connectivity index (χ4n) is 2.02. The van der Waals surface area contributed by atoms with Crippen LogP contribution in [0.3, 0.4) is 0 Å². The number of rotatable bonds is 5. The van der Waals surface area contributed by atoms with E-state index in [-0.39, 0.29) is 24.0 Å². The highest BCUT2D eigenvalue weighted by molar-refractivity contribution is 5.76. The second-order valence-electron chi connectivity index (χ2n) is 4.43. The maximum absolute atomic E-state index is 11.6. The molecule has 1 aliphatic rings. The summed E-state index contributed by atoms with van der Waals surface area (Å²) in [5, 5.41) is 11.8. The standard InChI is InChI=1S/C12H20N2O2/c1-9(16-2)6-7-12(15)14-11-5-3-4-10(11)8-13/h9-11H,3-7H2,1-2H3,(H,14,15). The molecule has 4 heteroatoms. The van der Waals surface area contributed by atoms with Gasteiger partial charge in [0.05, 0.1) is 18.1 Å². The first-order valence-corrected chi connectivity index (χ1v) is 5.89. The Kier molecular flexibility index (Phi) is 5.27. The lowest BCUT2D eigenvalue weighted by Gasteiger charge is -2.16. The maximum atomic E-state index is 11.6. The quantitative estimate of drug-likeness (QED) is 0.771. The third-order valence-electron chi connectivity index (χ3n) is 3.21. The van der Waals surface area contributed by atoms with Crippen molar-refractivity contribution in [3.05, 3.63) is 0 Å². The molecule has 0 aliphatic heterocycles. The molecule has 1 amide bonds. The number of hydrogen-bond acceptors (Lipinski definition) is 3. The lowest BCUT2D eigenvalue weighted by atomic mass is 10.1. The zero-order chi connectivity index (χ0) is 12.0. The van der Waals surface area contributed by atoms with E-state index >= 15 is 0 Å². The van der Waals surface area contributed by atoms with Crippen LogP contribution in [0.25, 0.3) is 0 Å². The molecule has 1 rings (SSSR count). The zero-order valence-electron chi connectivity index (χ0n) is 10.0. The molecule has 0 aromatic rings. The van der Waals surface area contributed by atoms with Crippen LogP contribution in [-0.4, -0.2) is 25.2 Å². The summed E-state index contributed by atoms with van der Waals surface area (Å²) in [6, 6.07) is 2.32. The maximum Gasteiger partial charge on any atom is 0.220 e. The van der Waals surface area contributed by atoms with Gasteiger partial charge in [-0.3, -0.25) is 4.79 Å². The van der Waals surface area contributed by atoms with Crippen molar-refractivity contribution in [1.82, 2.24) is 5.32 Å². The average Bonchev–Trinajstić information content (AvgIpc) is 2.73. The molecule has 3 atom stereocenters. The molecule has 1 N–H and O–H groups in total. The Labute approximate surface area is 97.0 Å². The van der Waals surface area contributed by atoms with Crippen LogP contribution >= 0.6 is 0 Å². The SMILES string of the molecule is COC(C)CCC(=O)NC1CCCC1C#N. The summed E-state index contributed by atoms with van der Waals surface area (Å²) in [4.78, 5) is 11.6. The summed E-state index contributed by atoms with van der Waals surface area (Å²) in [6.45, 7) is 1.95. The fraction of sp³-hybridized carbons (Fsp3) is 0.833. The van der Waals surface area contributed by atoms with Crippen molar-refractivity contribution in [3.63, 3.8) is 0 Å². The van der Waals surface area contributed by atoms with Gasteiger partial charge in [-0.2, -0.15) is 5.26 Å². The molecule has 0 heterocycles. The van der Waals surface area contributed by atoms with E-state index in [0.29, 0.717) is 6.42 Å². The van der Waals surface area contributed by atoms with E-state index in [1.54, 1.807) is 7.11 Å². The predicted octanol–water partition coefficient (Wildman–Crippen LogP) is 1.61. The van der Waals surface area contributed by atoms with Gasteiger partial charge in [0.1, 0.15) is 0 Å². The number of hydrogen-bond donors (Lipinski definition) is 1. The number of nitrogens with zero attached hydrogens (tertiary/aromatic N) is 1. The predicted molar refractivity (Wildman–Crippen MR) is 60.6 cm³/mol. The van der Waals surface area contributed by atoms with Crippen molar-refractivity contribution in [2.45, 2.75) is 51.2 Å². The van der Waals surface area contributed by atoms with Crippen molar-refractivity contribution in [2.24, 2.45) is 5.92 Å². The van der Waals surface area contributed by atoms with E-state index in [0.717, 1.165) is 25.7 Å². The first-order valence-electron chi connectivity index (χ1n) is 5.89. The normalized spacial score (nSPS) is 26.1. The van der Waals surface area contributed by atoms with Gasteiger partial charge in [-0.25, -0.2) is 0 Å². The Morgan fingerprint density at radius 1 is 1.62 bits per heavy atom. The van der Waals surface area contributed by atoms with Crippen molar-refractivity contribution in [3.8, 4) is 6.07 Å². The first kappa shape index (κ1) is 13.0. The number of nitrogens with one attached hydrogen (secondary N) is 1. The van der Waals surface area contributed by atoms with Gasteiger partial charge in [-0.1, -0.05) is 0 Å². The fourth-order valence-corrected chi connectivity index (χ4v) is 2.02. The molecule has 0 aromatic carbocycles. The van der Waals surface area contributed by atoms with Crippen molar-refractivity contribution in [2.75, 3.05) is 7.11 Å². The molecule has 0 bridgehead atoms. The molecule has 0 saturated heterocycles. The van der Waals surface area contributed by atoms with Crippen molar-refractivity contribution < 1.29 is 9.53 Å². The molecule has 4 nitrogen and oxygen atoms in total.